The molecular formula is C21H20N3O4P. The first kappa shape index (κ1) is 18.3. The van der Waals surface area contributed by atoms with Crippen molar-refractivity contribution in [2.24, 2.45) is 0 Å². The minimum atomic E-state index is -3.32. The molecule has 2 aliphatic heterocycles. The quantitative estimate of drug-likeness (QED) is 0.616. The Morgan fingerprint density at radius 2 is 1.97 bits per heavy atom. The number of anilines is 2. The number of carbonyl (C=O) groups is 1. The molecule has 5 rings (SSSR count). The number of hydrogen-bond acceptors (Lipinski definition) is 6. The highest BCUT2D eigenvalue weighted by molar-refractivity contribution is 7.54. The zero-order valence-corrected chi connectivity index (χ0v) is 16.5. The molecule has 0 radical (unpaired) electrons. The average molecular weight is 409 g/mol. The molecule has 1 saturated heterocycles. The SMILES string of the molecule is O=C1Cc2cc(C(CNc3cnc4ccccc4c3)P3(=O)OCCO3)ccc2N1. The first-order valence-corrected chi connectivity index (χ1v) is 11.1. The highest BCUT2D eigenvalue weighted by Crippen LogP contribution is 2.63. The van der Waals surface area contributed by atoms with E-state index in [2.05, 4.69) is 15.6 Å². The monoisotopic (exact) mass is 409 g/mol. The summed E-state index contributed by atoms with van der Waals surface area (Å²) in [7, 11) is -3.32. The van der Waals surface area contributed by atoms with Crippen molar-refractivity contribution < 1.29 is 18.4 Å². The van der Waals surface area contributed by atoms with Crippen LogP contribution in [0.3, 0.4) is 0 Å². The molecular weight excluding hydrogens is 389 g/mol. The molecule has 29 heavy (non-hydrogen) atoms. The van der Waals surface area contributed by atoms with E-state index in [0.29, 0.717) is 26.2 Å². The van der Waals surface area contributed by atoms with E-state index in [0.717, 1.165) is 33.4 Å². The van der Waals surface area contributed by atoms with E-state index < -0.39 is 13.3 Å². The molecule has 0 saturated carbocycles. The number of amides is 1. The fraction of sp³-hybridized carbons (Fsp3) is 0.238. The summed E-state index contributed by atoms with van der Waals surface area (Å²) in [5.41, 5.74) is 3.79. The molecule has 1 fully saturated rings. The first-order chi connectivity index (χ1) is 14.1. The fourth-order valence-corrected chi connectivity index (χ4v) is 5.73. The van der Waals surface area contributed by atoms with E-state index in [1.165, 1.54) is 0 Å². The summed E-state index contributed by atoms with van der Waals surface area (Å²) in [6.07, 6.45) is 2.08. The maximum absolute atomic E-state index is 13.3. The van der Waals surface area contributed by atoms with Crippen LogP contribution in [-0.4, -0.2) is 30.6 Å². The van der Waals surface area contributed by atoms with Crippen LogP contribution in [0.5, 0.6) is 0 Å². The summed E-state index contributed by atoms with van der Waals surface area (Å²) in [5, 5.41) is 7.18. The normalized spacial score (nSPS) is 18.4. The van der Waals surface area contributed by atoms with Crippen LogP contribution in [0.4, 0.5) is 11.4 Å². The largest absolute Gasteiger partial charge is 0.383 e. The van der Waals surface area contributed by atoms with Crippen molar-refractivity contribution in [2.75, 3.05) is 30.4 Å². The molecule has 1 unspecified atom stereocenters. The van der Waals surface area contributed by atoms with Gasteiger partial charge in [-0.3, -0.25) is 14.3 Å². The minimum absolute atomic E-state index is 0.0333. The van der Waals surface area contributed by atoms with E-state index in [1.54, 1.807) is 6.20 Å². The van der Waals surface area contributed by atoms with Crippen molar-refractivity contribution in [1.29, 1.82) is 0 Å². The van der Waals surface area contributed by atoms with Crippen LogP contribution in [0.2, 0.25) is 0 Å². The van der Waals surface area contributed by atoms with Gasteiger partial charge < -0.3 is 19.7 Å². The summed E-state index contributed by atoms with van der Waals surface area (Å²) in [6.45, 7) is 0.990. The fourth-order valence-electron chi connectivity index (χ4n) is 3.80. The Morgan fingerprint density at radius 3 is 2.83 bits per heavy atom. The van der Waals surface area contributed by atoms with Gasteiger partial charge in [0.25, 0.3) is 0 Å². The average Bonchev–Trinajstić information content (AvgIpc) is 3.33. The van der Waals surface area contributed by atoms with Gasteiger partial charge in [0.15, 0.2) is 0 Å². The van der Waals surface area contributed by atoms with Gasteiger partial charge in [-0.1, -0.05) is 30.3 Å². The number of hydrogen-bond donors (Lipinski definition) is 2. The Hall–Kier alpha value is -2.73. The second kappa shape index (κ2) is 7.26. The number of fused-ring (bicyclic) bond motifs is 2. The number of rotatable bonds is 5. The second-order valence-electron chi connectivity index (χ2n) is 7.16. The molecule has 1 amide bonds. The molecule has 2 aromatic carbocycles. The van der Waals surface area contributed by atoms with Crippen LogP contribution in [0.25, 0.3) is 10.9 Å². The number of benzene rings is 2. The summed E-state index contributed by atoms with van der Waals surface area (Å²) in [6, 6.07) is 15.5. The summed E-state index contributed by atoms with van der Waals surface area (Å²) in [4.78, 5) is 16.1. The molecule has 8 heteroatoms. The first-order valence-electron chi connectivity index (χ1n) is 9.51. The molecule has 148 valence electrons. The standard InChI is InChI=1S/C21H20N3O4P/c25-21-11-16-9-15(5-6-19(16)24-21)20(29(26)27-7-8-28-29)13-22-17-10-14-3-1-2-4-18(14)23-12-17/h1-6,9-10,12,20,22H,7-8,11,13H2,(H,24,25). The third kappa shape index (κ3) is 3.53. The Labute approximate surface area is 168 Å². The van der Waals surface area contributed by atoms with Gasteiger partial charge in [-0.25, -0.2) is 0 Å². The molecule has 7 nitrogen and oxygen atoms in total. The summed E-state index contributed by atoms with van der Waals surface area (Å²) in [5.74, 6) is -0.0333. The third-order valence-corrected chi connectivity index (χ3v) is 7.57. The number of pyridine rings is 1. The molecule has 3 heterocycles. The van der Waals surface area contributed by atoms with Crippen molar-refractivity contribution >= 4 is 35.8 Å². The van der Waals surface area contributed by atoms with Crippen LogP contribution < -0.4 is 10.6 Å². The lowest BCUT2D eigenvalue weighted by Gasteiger charge is -2.23. The molecule has 1 aromatic heterocycles. The van der Waals surface area contributed by atoms with Crippen LogP contribution in [0.1, 0.15) is 16.8 Å². The Kier molecular flexibility index (Phi) is 4.59. The summed E-state index contributed by atoms with van der Waals surface area (Å²) >= 11 is 0. The highest BCUT2D eigenvalue weighted by Gasteiger charge is 2.41. The van der Waals surface area contributed by atoms with Gasteiger partial charge in [-0.15, -0.1) is 0 Å². The molecule has 0 aliphatic carbocycles. The number of para-hydroxylation sites is 1. The second-order valence-corrected chi connectivity index (χ2v) is 9.38. The smallest absolute Gasteiger partial charge is 0.340 e. The number of nitrogens with one attached hydrogen (secondary N) is 2. The number of nitrogens with zero attached hydrogens (tertiary/aromatic N) is 1. The zero-order chi connectivity index (χ0) is 19.8. The Morgan fingerprint density at radius 1 is 1.14 bits per heavy atom. The van der Waals surface area contributed by atoms with Crippen molar-refractivity contribution in [1.82, 2.24) is 4.98 Å². The lowest BCUT2D eigenvalue weighted by molar-refractivity contribution is -0.115. The highest BCUT2D eigenvalue weighted by atomic mass is 31.2. The van der Waals surface area contributed by atoms with Gasteiger partial charge in [-0.05, 0) is 29.3 Å². The zero-order valence-electron chi connectivity index (χ0n) is 15.6. The van der Waals surface area contributed by atoms with E-state index in [4.69, 9.17) is 9.05 Å². The maximum atomic E-state index is 13.3. The molecule has 0 bridgehead atoms. The third-order valence-electron chi connectivity index (χ3n) is 5.24. The molecule has 2 N–H and O–H groups in total. The van der Waals surface area contributed by atoms with Gasteiger partial charge in [0, 0.05) is 17.6 Å². The Balaban J connectivity index is 1.44. The topological polar surface area (TPSA) is 89.6 Å². The van der Waals surface area contributed by atoms with Gasteiger partial charge in [0.1, 0.15) is 5.66 Å². The van der Waals surface area contributed by atoms with Crippen LogP contribution >= 0.6 is 7.60 Å². The van der Waals surface area contributed by atoms with E-state index >= 15 is 0 Å². The van der Waals surface area contributed by atoms with E-state index in [9.17, 15) is 9.36 Å². The minimum Gasteiger partial charge on any atom is -0.383 e. The van der Waals surface area contributed by atoms with E-state index in [-0.39, 0.29) is 5.91 Å². The lowest BCUT2D eigenvalue weighted by Crippen LogP contribution is -2.14. The van der Waals surface area contributed by atoms with Crippen LogP contribution in [-0.2, 0) is 24.8 Å². The summed E-state index contributed by atoms with van der Waals surface area (Å²) < 4.78 is 24.4. The molecule has 3 aromatic rings. The molecule has 0 spiro atoms. The van der Waals surface area contributed by atoms with Gasteiger partial charge in [-0.2, -0.15) is 0 Å². The number of carbonyl (C=O) groups excluding carboxylic acids is 1. The van der Waals surface area contributed by atoms with Gasteiger partial charge in [0.2, 0.25) is 5.91 Å². The number of aromatic nitrogens is 1. The van der Waals surface area contributed by atoms with Crippen LogP contribution in [0.15, 0.2) is 54.7 Å². The Bertz CT molecular complexity index is 1140. The van der Waals surface area contributed by atoms with Crippen LogP contribution in [0, 0.1) is 0 Å². The molecule has 1 atom stereocenters. The van der Waals surface area contributed by atoms with Crippen molar-refractivity contribution in [3.63, 3.8) is 0 Å². The van der Waals surface area contributed by atoms with Gasteiger partial charge in [0.05, 0.1) is 37.0 Å². The van der Waals surface area contributed by atoms with E-state index in [1.807, 2.05) is 48.5 Å². The van der Waals surface area contributed by atoms with Crippen molar-refractivity contribution in [2.45, 2.75) is 12.1 Å². The predicted octanol–water partition coefficient (Wildman–Crippen LogP) is 4.12. The maximum Gasteiger partial charge on any atom is 0.340 e. The van der Waals surface area contributed by atoms with Gasteiger partial charge >= 0.3 is 7.60 Å². The van der Waals surface area contributed by atoms with Crippen molar-refractivity contribution in [3.05, 3.63) is 65.9 Å². The lowest BCUT2D eigenvalue weighted by atomic mass is 10.1. The van der Waals surface area contributed by atoms with Crippen molar-refractivity contribution in [3.8, 4) is 0 Å². The molecule has 2 aliphatic rings. The predicted molar refractivity (Wildman–Crippen MR) is 111 cm³/mol.